The number of rotatable bonds is 7. The van der Waals surface area contributed by atoms with Crippen LogP contribution in [0.3, 0.4) is 0 Å². The summed E-state index contributed by atoms with van der Waals surface area (Å²) in [7, 11) is 0. The highest BCUT2D eigenvalue weighted by Crippen LogP contribution is 2.15. The Morgan fingerprint density at radius 2 is 1.84 bits per heavy atom. The Morgan fingerprint density at radius 1 is 1.16 bits per heavy atom. The van der Waals surface area contributed by atoms with Gasteiger partial charge in [0.15, 0.2) is 0 Å². The molecule has 0 aliphatic heterocycles. The number of carboxylic acid groups (broad SMARTS) is 1. The molecule has 1 aromatic heterocycles. The average Bonchev–Trinajstić information content (AvgIpc) is 2.54. The van der Waals surface area contributed by atoms with Crippen molar-refractivity contribution < 1.29 is 14.7 Å². The van der Waals surface area contributed by atoms with Crippen LogP contribution in [0.1, 0.15) is 41.4 Å². The van der Waals surface area contributed by atoms with Crippen molar-refractivity contribution in [2.45, 2.75) is 26.2 Å². The fourth-order valence-corrected chi connectivity index (χ4v) is 2.61. The number of nitrogens with one attached hydrogen (secondary N) is 2. The molecular formula is C19H22N2O4. The van der Waals surface area contributed by atoms with Crippen LogP contribution in [0.25, 0.3) is 0 Å². The predicted octanol–water partition coefficient (Wildman–Crippen LogP) is 2.17. The fraction of sp³-hybridized carbons (Fsp3) is 0.316. The van der Waals surface area contributed by atoms with Crippen LogP contribution in [0.15, 0.2) is 47.3 Å². The maximum absolute atomic E-state index is 12.3. The molecule has 0 bridgehead atoms. The first-order valence-electron chi connectivity index (χ1n) is 8.16. The van der Waals surface area contributed by atoms with Gasteiger partial charge >= 0.3 is 5.97 Å². The predicted molar refractivity (Wildman–Crippen MR) is 94.8 cm³/mol. The Hall–Kier alpha value is -2.89. The molecule has 3 N–H and O–H groups in total. The summed E-state index contributed by atoms with van der Waals surface area (Å²) in [5.74, 6) is -1.98. The maximum atomic E-state index is 12.3. The molecule has 1 atom stereocenters. The number of carbonyl (C=O) groups is 2. The van der Waals surface area contributed by atoms with Crippen molar-refractivity contribution in [3.63, 3.8) is 0 Å². The average molecular weight is 342 g/mol. The van der Waals surface area contributed by atoms with E-state index in [4.69, 9.17) is 0 Å². The molecule has 2 rings (SSSR count). The molecular weight excluding hydrogens is 320 g/mol. The number of carboxylic acids is 1. The van der Waals surface area contributed by atoms with Gasteiger partial charge in [0.25, 0.3) is 5.91 Å². The number of aliphatic carboxylic acids is 1. The van der Waals surface area contributed by atoms with E-state index in [1.807, 2.05) is 13.8 Å². The third kappa shape index (κ3) is 5.31. The van der Waals surface area contributed by atoms with Crippen LogP contribution >= 0.6 is 0 Å². The molecule has 0 saturated heterocycles. The summed E-state index contributed by atoms with van der Waals surface area (Å²) in [5.41, 5.74) is 1.19. The molecule has 0 radical (unpaired) electrons. The molecule has 6 nitrogen and oxygen atoms in total. The number of aromatic nitrogens is 1. The summed E-state index contributed by atoms with van der Waals surface area (Å²) in [4.78, 5) is 38.3. The van der Waals surface area contributed by atoms with Crippen LogP contribution in [-0.2, 0) is 11.2 Å². The van der Waals surface area contributed by atoms with Crippen LogP contribution in [-0.4, -0.2) is 28.5 Å². The van der Waals surface area contributed by atoms with Gasteiger partial charge in [-0.05, 0) is 24.0 Å². The number of carbonyl (C=O) groups excluding carboxylic acids is 1. The molecule has 1 heterocycles. The van der Waals surface area contributed by atoms with Gasteiger partial charge in [-0.1, -0.05) is 44.2 Å². The van der Waals surface area contributed by atoms with Crippen molar-refractivity contribution in [2.24, 2.45) is 5.92 Å². The first kappa shape index (κ1) is 18.4. The van der Waals surface area contributed by atoms with Crippen molar-refractivity contribution in [3.05, 3.63) is 69.6 Å². The second kappa shape index (κ2) is 8.28. The third-order valence-electron chi connectivity index (χ3n) is 3.76. The zero-order valence-corrected chi connectivity index (χ0v) is 14.3. The fourth-order valence-electron chi connectivity index (χ4n) is 2.61. The number of amides is 1. The highest BCUT2D eigenvalue weighted by atomic mass is 16.4. The van der Waals surface area contributed by atoms with Crippen molar-refractivity contribution in [3.8, 4) is 0 Å². The van der Waals surface area contributed by atoms with E-state index in [1.54, 1.807) is 36.4 Å². The number of benzene rings is 1. The largest absolute Gasteiger partial charge is 0.481 e. The highest BCUT2D eigenvalue weighted by molar-refractivity contribution is 5.94. The minimum atomic E-state index is -1.02. The summed E-state index contributed by atoms with van der Waals surface area (Å²) in [5, 5.41) is 12.0. The van der Waals surface area contributed by atoms with Gasteiger partial charge in [-0.3, -0.25) is 14.4 Å². The Balaban J connectivity index is 2.12. The maximum Gasteiger partial charge on any atom is 0.312 e. The molecule has 25 heavy (non-hydrogen) atoms. The topological polar surface area (TPSA) is 99.3 Å². The lowest BCUT2D eigenvalue weighted by atomic mass is 9.99. The molecule has 0 aliphatic rings. The number of hydrogen-bond acceptors (Lipinski definition) is 3. The van der Waals surface area contributed by atoms with E-state index in [9.17, 15) is 19.5 Å². The number of pyridine rings is 1. The smallest absolute Gasteiger partial charge is 0.312 e. The van der Waals surface area contributed by atoms with Crippen molar-refractivity contribution in [1.29, 1.82) is 0 Å². The van der Waals surface area contributed by atoms with E-state index in [2.05, 4.69) is 10.3 Å². The Morgan fingerprint density at radius 3 is 2.44 bits per heavy atom. The first-order valence-corrected chi connectivity index (χ1v) is 8.16. The molecule has 0 saturated carbocycles. The van der Waals surface area contributed by atoms with Crippen molar-refractivity contribution in [1.82, 2.24) is 10.3 Å². The Kier molecular flexibility index (Phi) is 6.11. The van der Waals surface area contributed by atoms with Gasteiger partial charge < -0.3 is 15.4 Å². The summed E-state index contributed by atoms with van der Waals surface area (Å²) in [6.45, 7) is 3.98. The minimum Gasteiger partial charge on any atom is -0.481 e. The van der Waals surface area contributed by atoms with E-state index in [-0.39, 0.29) is 17.7 Å². The van der Waals surface area contributed by atoms with E-state index in [1.165, 1.54) is 6.07 Å². The minimum absolute atomic E-state index is 0.0511. The Bertz CT molecular complexity index is 797. The van der Waals surface area contributed by atoms with Gasteiger partial charge in [0.1, 0.15) is 0 Å². The zero-order valence-electron chi connectivity index (χ0n) is 14.3. The summed E-state index contributed by atoms with van der Waals surface area (Å²) < 4.78 is 0. The van der Waals surface area contributed by atoms with E-state index in [0.717, 1.165) is 0 Å². The lowest BCUT2D eigenvalue weighted by Crippen LogP contribution is -2.32. The second-order valence-electron chi connectivity index (χ2n) is 6.37. The number of aromatic amines is 1. The van der Waals surface area contributed by atoms with Crippen LogP contribution in [0.4, 0.5) is 0 Å². The summed E-state index contributed by atoms with van der Waals surface area (Å²) >= 11 is 0. The third-order valence-corrected chi connectivity index (χ3v) is 3.76. The molecule has 0 fully saturated rings. The lowest BCUT2D eigenvalue weighted by molar-refractivity contribution is -0.138. The first-order chi connectivity index (χ1) is 11.9. The Labute approximate surface area is 145 Å². The van der Waals surface area contributed by atoms with Gasteiger partial charge in [-0.15, -0.1) is 0 Å². The van der Waals surface area contributed by atoms with Crippen molar-refractivity contribution in [2.75, 3.05) is 6.54 Å². The lowest BCUT2D eigenvalue weighted by Gasteiger charge is -2.14. The number of H-pyrrole nitrogens is 1. The molecule has 2 aromatic rings. The quantitative estimate of drug-likeness (QED) is 0.718. The van der Waals surface area contributed by atoms with Gasteiger partial charge in [0.05, 0.1) is 5.92 Å². The summed E-state index contributed by atoms with van der Waals surface area (Å²) in [6, 6.07) is 11.6. The van der Waals surface area contributed by atoms with Crippen LogP contribution < -0.4 is 10.9 Å². The standard InChI is InChI=1S/C19H22N2O4/c1-12(2)8-15-9-14(10-17(22)21-15)18(23)20-11-16(19(24)25)13-6-4-3-5-7-13/h3-7,9-10,12,16H,8,11H2,1-2H3,(H,20,23)(H,21,22)(H,24,25). The van der Waals surface area contributed by atoms with Gasteiger partial charge in [-0.25, -0.2) is 0 Å². The highest BCUT2D eigenvalue weighted by Gasteiger charge is 2.21. The molecule has 0 spiro atoms. The second-order valence-corrected chi connectivity index (χ2v) is 6.37. The molecule has 0 aliphatic carbocycles. The van der Waals surface area contributed by atoms with E-state index in [0.29, 0.717) is 23.6 Å². The van der Waals surface area contributed by atoms with E-state index < -0.39 is 17.8 Å². The van der Waals surface area contributed by atoms with Crippen molar-refractivity contribution >= 4 is 11.9 Å². The van der Waals surface area contributed by atoms with E-state index >= 15 is 0 Å². The molecule has 1 amide bonds. The zero-order chi connectivity index (χ0) is 18.4. The van der Waals surface area contributed by atoms with Crippen LogP contribution in [0, 0.1) is 5.92 Å². The summed E-state index contributed by atoms with van der Waals surface area (Å²) in [6.07, 6.45) is 0.651. The molecule has 1 unspecified atom stereocenters. The SMILES string of the molecule is CC(C)Cc1cc(C(=O)NCC(C(=O)O)c2ccccc2)cc(=O)[nH]1. The van der Waals surface area contributed by atoms with Gasteiger partial charge in [0, 0.05) is 23.9 Å². The normalized spacial score (nSPS) is 12.0. The van der Waals surface area contributed by atoms with Crippen LogP contribution in [0.5, 0.6) is 0 Å². The molecule has 1 aromatic carbocycles. The van der Waals surface area contributed by atoms with Gasteiger partial charge in [0.2, 0.25) is 5.56 Å². The molecule has 6 heteroatoms. The van der Waals surface area contributed by atoms with Crippen LogP contribution in [0.2, 0.25) is 0 Å². The van der Waals surface area contributed by atoms with Gasteiger partial charge in [-0.2, -0.15) is 0 Å². The molecule has 132 valence electrons. The number of hydrogen-bond donors (Lipinski definition) is 3. The monoisotopic (exact) mass is 342 g/mol.